The fourth-order valence-electron chi connectivity index (χ4n) is 1.34. The molecule has 2 aromatic heterocycles. The highest BCUT2D eigenvalue weighted by molar-refractivity contribution is 7.12. The SMILES string of the molecule is COCCn1cc(NC(=O)c2cccs2)cn1. The molecule has 0 unspecified atom stereocenters. The van der Waals surface area contributed by atoms with E-state index in [1.165, 1.54) is 11.3 Å². The van der Waals surface area contributed by atoms with Crippen LogP contribution >= 0.6 is 11.3 Å². The maximum Gasteiger partial charge on any atom is 0.265 e. The molecule has 1 amide bonds. The Balaban J connectivity index is 1.95. The first kappa shape index (κ1) is 11.8. The van der Waals surface area contributed by atoms with Gasteiger partial charge in [0, 0.05) is 13.3 Å². The number of ether oxygens (including phenoxy) is 1. The standard InChI is InChI=1S/C11H13N3O2S/c1-16-5-4-14-8-9(7-12-14)13-11(15)10-3-2-6-17-10/h2-3,6-8H,4-5H2,1H3,(H,13,15). The molecule has 0 aliphatic rings. The van der Waals surface area contributed by atoms with Crippen LogP contribution < -0.4 is 5.32 Å². The Morgan fingerprint density at radius 3 is 3.24 bits per heavy atom. The fourth-order valence-corrected chi connectivity index (χ4v) is 1.95. The van der Waals surface area contributed by atoms with E-state index in [4.69, 9.17) is 4.74 Å². The second-order valence-corrected chi connectivity index (χ2v) is 4.36. The van der Waals surface area contributed by atoms with Gasteiger partial charge >= 0.3 is 0 Å². The Hall–Kier alpha value is -1.66. The average molecular weight is 251 g/mol. The minimum Gasteiger partial charge on any atom is -0.383 e. The van der Waals surface area contributed by atoms with Crippen LogP contribution in [0.3, 0.4) is 0 Å². The number of carbonyl (C=O) groups excluding carboxylic acids is 1. The monoisotopic (exact) mass is 251 g/mol. The molecule has 0 aliphatic carbocycles. The van der Waals surface area contributed by atoms with Crippen LogP contribution in [0.4, 0.5) is 5.69 Å². The lowest BCUT2D eigenvalue weighted by atomic mass is 10.4. The van der Waals surface area contributed by atoms with E-state index in [1.54, 1.807) is 30.3 Å². The number of thiophene rings is 1. The largest absolute Gasteiger partial charge is 0.383 e. The van der Waals surface area contributed by atoms with Crippen molar-refractivity contribution in [2.24, 2.45) is 0 Å². The van der Waals surface area contributed by atoms with E-state index in [-0.39, 0.29) is 5.91 Å². The molecule has 0 fully saturated rings. The zero-order chi connectivity index (χ0) is 12.1. The highest BCUT2D eigenvalue weighted by Gasteiger charge is 2.07. The molecule has 0 aromatic carbocycles. The quantitative estimate of drug-likeness (QED) is 0.882. The van der Waals surface area contributed by atoms with Crippen molar-refractivity contribution in [3.8, 4) is 0 Å². The molecule has 17 heavy (non-hydrogen) atoms. The molecule has 0 aliphatic heterocycles. The lowest BCUT2D eigenvalue weighted by molar-refractivity contribution is 0.103. The molecule has 6 heteroatoms. The van der Waals surface area contributed by atoms with Crippen molar-refractivity contribution in [2.75, 3.05) is 19.0 Å². The minimum atomic E-state index is -0.105. The summed E-state index contributed by atoms with van der Waals surface area (Å²) in [6.07, 6.45) is 3.41. The van der Waals surface area contributed by atoms with E-state index in [0.717, 1.165) is 0 Å². The van der Waals surface area contributed by atoms with Crippen LogP contribution in [0.25, 0.3) is 0 Å². The molecule has 0 spiro atoms. The third kappa shape index (κ3) is 3.15. The Morgan fingerprint density at radius 2 is 2.53 bits per heavy atom. The summed E-state index contributed by atoms with van der Waals surface area (Å²) in [7, 11) is 1.64. The number of carbonyl (C=O) groups is 1. The number of nitrogens with one attached hydrogen (secondary N) is 1. The summed E-state index contributed by atoms with van der Waals surface area (Å²) < 4.78 is 6.68. The van der Waals surface area contributed by atoms with Crippen LogP contribution in [-0.4, -0.2) is 29.4 Å². The van der Waals surface area contributed by atoms with Gasteiger partial charge in [-0.1, -0.05) is 6.07 Å². The topological polar surface area (TPSA) is 56.1 Å². The van der Waals surface area contributed by atoms with Gasteiger partial charge in [0.1, 0.15) is 0 Å². The lowest BCUT2D eigenvalue weighted by Gasteiger charge is -2.00. The molecule has 0 atom stereocenters. The van der Waals surface area contributed by atoms with Crippen molar-refractivity contribution in [1.29, 1.82) is 0 Å². The van der Waals surface area contributed by atoms with Gasteiger partial charge in [-0.3, -0.25) is 9.48 Å². The number of rotatable bonds is 5. The van der Waals surface area contributed by atoms with Gasteiger partial charge < -0.3 is 10.1 Å². The predicted molar refractivity (Wildman–Crippen MR) is 66.4 cm³/mol. The van der Waals surface area contributed by atoms with Gasteiger partial charge in [-0.05, 0) is 11.4 Å². The zero-order valence-corrected chi connectivity index (χ0v) is 10.2. The van der Waals surface area contributed by atoms with Crippen LogP contribution in [0.15, 0.2) is 29.9 Å². The summed E-state index contributed by atoms with van der Waals surface area (Å²) >= 11 is 1.41. The molecular formula is C11H13N3O2S. The number of methoxy groups -OCH3 is 1. The van der Waals surface area contributed by atoms with Crippen molar-refractivity contribution in [1.82, 2.24) is 9.78 Å². The summed E-state index contributed by atoms with van der Waals surface area (Å²) in [6.45, 7) is 1.27. The van der Waals surface area contributed by atoms with Crippen LogP contribution in [0.5, 0.6) is 0 Å². The highest BCUT2D eigenvalue weighted by Crippen LogP contribution is 2.12. The van der Waals surface area contributed by atoms with Crippen molar-refractivity contribution in [3.05, 3.63) is 34.8 Å². The molecule has 2 rings (SSSR count). The number of aromatic nitrogens is 2. The van der Waals surface area contributed by atoms with Gasteiger partial charge in [-0.2, -0.15) is 5.10 Å². The van der Waals surface area contributed by atoms with Crippen LogP contribution in [0.2, 0.25) is 0 Å². The van der Waals surface area contributed by atoms with Gasteiger partial charge in [0.15, 0.2) is 0 Å². The normalized spacial score (nSPS) is 10.4. The summed E-state index contributed by atoms with van der Waals surface area (Å²) in [6, 6.07) is 3.64. The van der Waals surface area contributed by atoms with E-state index in [9.17, 15) is 4.79 Å². The maximum atomic E-state index is 11.7. The van der Waals surface area contributed by atoms with E-state index in [0.29, 0.717) is 23.7 Å². The highest BCUT2D eigenvalue weighted by atomic mass is 32.1. The first-order valence-corrected chi connectivity index (χ1v) is 6.04. The Morgan fingerprint density at radius 1 is 1.65 bits per heavy atom. The third-order valence-electron chi connectivity index (χ3n) is 2.16. The lowest BCUT2D eigenvalue weighted by Crippen LogP contribution is -2.09. The van der Waals surface area contributed by atoms with Gasteiger partial charge in [-0.15, -0.1) is 11.3 Å². The Labute approximate surface area is 103 Å². The number of nitrogens with zero attached hydrogens (tertiary/aromatic N) is 2. The van der Waals surface area contributed by atoms with Crippen LogP contribution in [0, 0.1) is 0 Å². The van der Waals surface area contributed by atoms with Crippen molar-refractivity contribution in [3.63, 3.8) is 0 Å². The summed E-state index contributed by atoms with van der Waals surface area (Å²) in [5, 5.41) is 8.77. The third-order valence-corrected chi connectivity index (χ3v) is 3.03. The van der Waals surface area contributed by atoms with E-state index in [1.807, 2.05) is 11.4 Å². The molecule has 0 bridgehead atoms. The van der Waals surface area contributed by atoms with Gasteiger partial charge in [0.25, 0.3) is 5.91 Å². The van der Waals surface area contributed by atoms with Crippen LogP contribution in [-0.2, 0) is 11.3 Å². The zero-order valence-electron chi connectivity index (χ0n) is 9.42. The first-order valence-electron chi connectivity index (χ1n) is 5.16. The molecule has 0 radical (unpaired) electrons. The molecule has 90 valence electrons. The Kier molecular flexibility index (Phi) is 3.89. The maximum absolute atomic E-state index is 11.7. The smallest absolute Gasteiger partial charge is 0.265 e. The summed E-state index contributed by atoms with van der Waals surface area (Å²) in [5.41, 5.74) is 0.694. The van der Waals surface area contributed by atoms with Gasteiger partial charge in [-0.25, -0.2) is 0 Å². The van der Waals surface area contributed by atoms with E-state index < -0.39 is 0 Å². The average Bonchev–Trinajstić information content (AvgIpc) is 2.97. The van der Waals surface area contributed by atoms with E-state index in [2.05, 4.69) is 10.4 Å². The summed E-state index contributed by atoms with van der Waals surface area (Å²) in [5.74, 6) is -0.105. The van der Waals surface area contributed by atoms with E-state index >= 15 is 0 Å². The molecule has 1 N–H and O–H groups in total. The van der Waals surface area contributed by atoms with Gasteiger partial charge in [0.05, 0.1) is 29.9 Å². The van der Waals surface area contributed by atoms with Crippen molar-refractivity contribution < 1.29 is 9.53 Å². The second kappa shape index (κ2) is 5.60. The Bertz CT molecular complexity index is 479. The number of hydrogen-bond acceptors (Lipinski definition) is 4. The molecule has 0 saturated heterocycles. The molecule has 5 nitrogen and oxygen atoms in total. The minimum absolute atomic E-state index is 0.105. The van der Waals surface area contributed by atoms with Gasteiger partial charge in [0.2, 0.25) is 0 Å². The van der Waals surface area contributed by atoms with Crippen molar-refractivity contribution >= 4 is 22.9 Å². The summed E-state index contributed by atoms with van der Waals surface area (Å²) in [4.78, 5) is 12.4. The van der Waals surface area contributed by atoms with Crippen LogP contribution in [0.1, 0.15) is 9.67 Å². The molecule has 2 aromatic rings. The molecular weight excluding hydrogens is 238 g/mol. The number of anilines is 1. The number of amides is 1. The first-order chi connectivity index (χ1) is 8.29. The predicted octanol–water partition coefficient (Wildman–Crippen LogP) is 1.84. The fraction of sp³-hybridized carbons (Fsp3) is 0.273. The molecule has 0 saturated carbocycles. The number of hydrogen-bond donors (Lipinski definition) is 1. The second-order valence-electron chi connectivity index (χ2n) is 3.42. The molecule has 2 heterocycles. The van der Waals surface area contributed by atoms with Crippen molar-refractivity contribution in [2.45, 2.75) is 6.54 Å².